The summed E-state index contributed by atoms with van der Waals surface area (Å²) in [6, 6.07) is 11.9. The second-order valence-electron chi connectivity index (χ2n) is 6.38. The molecule has 27 heavy (non-hydrogen) atoms. The first-order chi connectivity index (χ1) is 12.8. The molecule has 1 heterocycles. The van der Waals surface area contributed by atoms with E-state index in [-0.39, 0.29) is 29.8 Å². The predicted octanol–water partition coefficient (Wildman–Crippen LogP) is 1.45. The van der Waals surface area contributed by atoms with Crippen LogP contribution in [-0.2, 0) is 14.6 Å². The van der Waals surface area contributed by atoms with Crippen LogP contribution >= 0.6 is 0 Å². The van der Waals surface area contributed by atoms with E-state index in [1.807, 2.05) is 0 Å². The van der Waals surface area contributed by atoms with E-state index in [0.717, 1.165) is 0 Å². The summed E-state index contributed by atoms with van der Waals surface area (Å²) >= 11 is 0. The molecule has 2 unspecified atom stereocenters. The molecule has 9 heteroatoms. The summed E-state index contributed by atoms with van der Waals surface area (Å²) in [5.41, 5.74) is 1.89. The van der Waals surface area contributed by atoms with Gasteiger partial charge in [-0.15, -0.1) is 0 Å². The number of aliphatic hydroxyl groups is 1. The van der Waals surface area contributed by atoms with Gasteiger partial charge in [-0.25, -0.2) is 12.8 Å². The Balaban J connectivity index is 1.49. The molecule has 144 valence electrons. The predicted molar refractivity (Wildman–Crippen MR) is 102 cm³/mol. The first kappa shape index (κ1) is 19.1. The Labute approximate surface area is 156 Å². The van der Waals surface area contributed by atoms with Crippen molar-refractivity contribution in [1.29, 1.82) is 0 Å². The Kier molecular flexibility index (Phi) is 5.62. The standard InChI is InChI=1S/C18H20FN3O4S/c19-12-1-3-15(4-2-12)22-18(24)9-20-13-5-7-14(8-6-13)21-16-10-27(25,26)11-17(16)23/h1-8,16-17,20-21,23H,9-11H2,(H,22,24). The zero-order chi connectivity index (χ0) is 19.4. The lowest BCUT2D eigenvalue weighted by Crippen LogP contribution is -2.31. The van der Waals surface area contributed by atoms with E-state index < -0.39 is 22.0 Å². The lowest BCUT2D eigenvalue weighted by atomic mass is 10.2. The highest BCUT2D eigenvalue weighted by Crippen LogP contribution is 2.20. The van der Waals surface area contributed by atoms with Gasteiger partial charge in [-0.1, -0.05) is 0 Å². The van der Waals surface area contributed by atoms with Gasteiger partial charge >= 0.3 is 0 Å². The molecule has 0 bridgehead atoms. The lowest BCUT2D eigenvalue weighted by Gasteiger charge is -2.16. The van der Waals surface area contributed by atoms with E-state index in [1.54, 1.807) is 24.3 Å². The fourth-order valence-corrected chi connectivity index (χ4v) is 4.53. The van der Waals surface area contributed by atoms with Crippen LogP contribution in [0.1, 0.15) is 0 Å². The zero-order valence-corrected chi connectivity index (χ0v) is 15.2. The number of carbonyl (C=O) groups excluding carboxylic acids is 1. The molecular formula is C18H20FN3O4S. The molecule has 7 nitrogen and oxygen atoms in total. The van der Waals surface area contributed by atoms with Crippen molar-refractivity contribution in [3.63, 3.8) is 0 Å². The van der Waals surface area contributed by atoms with Crippen molar-refractivity contribution in [2.45, 2.75) is 12.1 Å². The van der Waals surface area contributed by atoms with Crippen LogP contribution < -0.4 is 16.0 Å². The molecule has 0 saturated carbocycles. The van der Waals surface area contributed by atoms with E-state index in [2.05, 4.69) is 16.0 Å². The number of benzene rings is 2. The molecule has 1 saturated heterocycles. The largest absolute Gasteiger partial charge is 0.390 e. The van der Waals surface area contributed by atoms with Crippen LogP contribution in [0.5, 0.6) is 0 Å². The van der Waals surface area contributed by atoms with Gasteiger partial charge in [0.1, 0.15) is 5.82 Å². The average Bonchev–Trinajstić information content (AvgIpc) is 2.88. The summed E-state index contributed by atoms with van der Waals surface area (Å²) in [6.45, 7) is 0.0315. The van der Waals surface area contributed by atoms with Crippen molar-refractivity contribution in [1.82, 2.24) is 0 Å². The third-order valence-corrected chi connectivity index (χ3v) is 5.86. The van der Waals surface area contributed by atoms with Crippen LogP contribution in [0.25, 0.3) is 0 Å². The fourth-order valence-electron chi connectivity index (χ4n) is 2.79. The van der Waals surface area contributed by atoms with Crippen LogP contribution in [0.3, 0.4) is 0 Å². The third-order valence-electron chi connectivity index (χ3n) is 4.14. The van der Waals surface area contributed by atoms with E-state index in [0.29, 0.717) is 17.1 Å². The second kappa shape index (κ2) is 7.93. The van der Waals surface area contributed by atoms with Crippen molar-refractivity contribution in [3.8, 4) is 0 Å². The Morgan fingerprint density at radius 3 is 2.19 bits per heavy atom. The van der Waals surface area contributed by atoms with E-state index in [9.17, 15) is 22.7 Å². The van der Waals surface area contributed by atoms with E-state index in [4.69, 9.17) is 0 Å². The summed E-state index contributed by atoms with van der Waals surface area (Å²) < 4.78 is 35.9. The number of rotatable bonds is 6. The van der Waals surface area contributed by atoms with Crippen molar-refractivity contribution in [3.05, 3.63) is 54.3 Å². The van der Waals surface area contributed by atoms with Gasteiger partial charge in [0, 0.05) is 17.1 Å². The van der Waals surface area contributed by atoms with E-state index >= 15 is 0 Å². The Morgan fingerprint density at radius 1 is 1.00 bits per heavy atom. The van der Waals surface area contributed by atoms with Crippen LogP contribution in [0.15, 0.2) is 48.5 Å². The van der Waals surface area contributed by atoms with Gasteiger partial charge in [0.25, 0.3) is 0 Å². The van der Waals surface area contributed by atoms with Crippen LogP contribution in [0, 0.1) is 5.82 Å². The molecule has 2 atom stereocenters. The summed E-state index contributed by atoms with van der Waals surface area (Å²) in [4.78, 5) is 11.9. The quantitative estimate of drug-likeness (QED) is 0.592. The second-order valence-corrected chi connectivity index (χ2v) is 8.53. The molecule has 0 aliphatic carbocycles. The molecule has 1 amide bonds. The summed E-state index contributed by atoms with van der Waals surface area (Å²) in [5, 5.41) is 18.4. The molecule has 1 fully saturated rings. The highest BCUT2D eigenvalue weighted by Gasteiger charge is 2.36. The summed E-state index contributed by atoms with van der Waals surface area (Å²) in [7, 11) is -3.21. The van der Waals surface area contributed by atoms with Crippen molar-refractivity contribution in [2.24, 2.45) is 0 Å². The maximum absolute atomic E-state index is 12.8. The SMILES string of the molecule is O=C(CNc1ccc(NC2CS(=O)(=O)CC2O)cc1)Nc1ccc(F)cc1. The minimum absolute atomic E-state index is 0.0315. The summed E-state index contributed by atoms with van der Waals surface area (Å²) in [6.07, 6.45) is -0.928. The van der Waals surface area contributed by atoms with Crippen molar-refractivity contribution < 1.29 is 22.7 Å². The number of sulfone groups is 1. The maximum Gasteiger partial charge on any atom is 0.243 e. The molecule has 0 aromatic heterocycles. The van der Waals surface area contributed by atoms with Gasteiger partial charge in [0.2, 0.25) is 5.91 Å². The zero-order valence-electron chi connectivity index (χ0n) is 14.4. The number of amides is 1. The number of carbonyl (C=O) groups is 1. The molecule has 0 radical (unpaired) electrons. The Hall–Kier alpha value is -2.65. The van der Waals surface area contributed by atoms with Gasteiger partial charge < -0.3 is 21.1 Å². The van der Waals surface area contributed by atoms with Gasteiger partial charge in [-0.05, 0) is 48.5 Å². The van der Waals surface area contributed by atoms with Gasteiger partial charge in [-0.2, -0.15) is 0 Å². The molecule has 0 spiro atoms. The fraction of sp³-hybridized carbons (Fsp3) is 0.278. The number of nitrogens with one attached hydrogen (secondary N) is 3. The monoisotopic (exact) mass is 393 g/mol. The average molecular weight is 393 g/mol. The molecule has 2 aromatic rings. The molecule has 2 aromatic carbocycles. The number of anilines is 3. The maximum atomic E-state index is 12.8. The topological polar surface area (TPSA) is 108 Å². The third kappa shape index (κ3) is 5.41. The molecular weight excluding hydrogens is 373 g/mol. The number of halogens is 1. The van der Waals surface area contributed by atoms with Crippen molar-refractivity contribution in [2.75, 3.05) is 34.0 Å². The van der Waals surface area contributed by atoms with Gasteiger partial charge in [0.15, 0.2) is 9.84 Å². The van der Waals surface area contributed by atoms with Crippen molar-refractivity contribution >= 4 is 32.8 Å². The summed E-state index contributed by atoms with van der Waals surface area (Å²) in [5.74, 6) is -0.976. The van der Waals surface area contributed by atoms with Crippen LogP contribution in [0.4, 0.5) is 21.5 Å². The lowest BCUT2D eigenvalue weighted by molar-refractivity contribution is -0.114. The number of hydrogen-bond donors (Lipinski definition) is 4. The van der Waals surface area contributed by atoms with Gasteiger partial charge in [0.05, 0.1) is 30.2 Å². The molecule has 1 aliphatic rings. The van der Waals surface area contributed by atoms with Crippen LogP contribution in [-0.4, -0.2) is 49.6 Å². The van der Waals surface area contributed by atoms with Gasteiger partial charge in [-0.3, -0.25) is 4.79 Å². The molecule has 3 rings (SSSR count). The number of aliphatic hydroxyl groups excluding tert-OH is 1. The molecule has 4 N–H and O–H groups in total. The highest BCUT2D eigenvalue weighted by atomic mass is 32.2. The van der Waals surface area contributed by atoms with Crippen LogP contribution in [0.2, 0.25) is 0 Å². The minimum atomic E-state index is -3.21. The molecule has 1 aliphatic heterocycles. The highest BCUT2D eigenvalue weighted by molar-refractivity contribution is 7.91. The normalized spacial score (nSPS) is 20.8. The first-order valence-corrected chi connectivity index (χ1v) is 10.2. The minimum Gasteiger partial charge on any atom is -0.390 e. The number of hydrogen-bond acceptors (Lipinski definition) is 6. The Bertz CT molecular complexity index is 901. The smallest absolute Gasteiger partial charge is 0.243 e. The first-order valence-electron chi connectivity index (χ1n) is 8.35. The Morgan fingerprint density at radius 2 is 1.59 bits per heavy atom. The van der Waals surface area contributed by atoms with E-state index in [1.165, 1.54) is 24.3 Å².